The molecule has 2 heterocycles. The Kier molecular flexibility index (Phi) is 4.80. The number of halogens is 1. The molecule has 0 aromatic carbocycles. The molecule has 4 nitrogen and oxygen atoms in total. The number of rotatable bonds is 3. The number of pyridine rings is 1. The Morgan fingerprint density at radius 1 is 1.39 bits per heavy atom. The summed E-state index contributed by atoms with van der Waals surface area (Å²) >= 11 is 6.14. The van der Waals surface area contributed by atoms with E-state index in [1.165, 1.54) is 12.8 Å². The number of aliphatic hydroxyl groups is 1. The Morgan fingerprint density at radius 3 is 3.00 bits per heavy atom. The van der Waals surface area contributed by atoms with E-state index in [0.29, 0.717) is 17.4 Å². The summed E-state index contributed by atoms with van der Waals surface area (Å²) in [6.45, 7) is 1.84. The average molecular weight is 270 g/mol. The summed E-state index contributed by atoms with van der Waals surface area (Å²) in [5.41, 5.74) is 6.50. The number of hydrogen-bond donors (Lipinski definition) is 2. The molecule has 0 saturated carbocycles. The Morgan fingerprint density at radius 2 is 2.22 bits per heavy atom. The molecule has 1 unspecified atom stereocenters. The fraction of sp³-hybridized carbons (Fsp3) is 0.615. The first-order valence-corrected chi connectivity index (χ1v) is 6.84. The van der Waals surface area contributed by atoms with Crippen LogP contribution < -0.4 is 5.73 Å². The highest BCUT2D eigenvalue weighted by atomic mass is 35.5. The first-order chi connectivity index (χ1) is 8.70. The van der Waals surface area contributed by atoms with Gasteiger partial charge in [-0.1, -0.05) is 24.4 Å². The second kappa shape index (κ2) is 6.36. The minimum Gasteiger partial charge on any atom is -0.395 e. The SMILES string of the molecule is Nc1ccc(Cl)c(CN2CCCCCC2CO)n1. The van der Waals surface area contributed by atoms with Gasteiger partial charge in [-0.3, -0.25) is 4.90 Å². The van der Waals surface area contributed by atoms with Crippen LogP contribution in [0.25, 0.3) is 0 Å². The molecule has 1 aromatic rings. The van der Waals surface area contributed by atoms with E-state index in [2.05, 4.69) is 9.88 Å². The standard InChI is InChI=1S/C13H20ClN3O/c14-11-5-6-13(15)16-12(11)8-17-7-3-1-2-4-10(17)9-18/h5-6,10,18H,1-4,7-9H2,(H2,15,16). The molecule has 0 spiro atoms. The maximum atomic E-state index is 9.47. The van der Waals surface area contributed by atoms with Crippen molar-refractivity contribution in [2.45, 2.75) is 38.3 Å². The number of nitrogen functional groups attached to an aromatic ring is 1. The third-order valence-corrected chi connectivity index (χ3v) is 3.85. The van der Waals surface area contributed by atoms with Gasteiger partial charge in [-0.15, -0.1) is 0 Å². The summed E-state index contributed by atoms with van der Waals surface area (Å²) in [7, 11) is 0. The predicted octanol–water partition coefficient (Wildman–Crippen LogP) is 2.05. The summed E-state index contributed by atoms with van der Waals surface area (Å²) in [4.78, 5) is 6.55. The van der Waals surface area contributed by atoms with E-state index in [4.69, 9.17) is 17.3 Å². The number of hydrogen-bond acceptors (Lipinski definition) is 4. The van der Waals surface area contributed by atoms with Gasteiger partial charge in [0.05, 0.1) is 17.3 Å². The van der Waals surface area contributed by atoms with E-state index in [1.807, 2.05) is 0 Å². The maximum Gasteiger partial charge on any atom is 0.123 e. The molecule has 1 aromatic heterocycles. The molecule has 5 heteroatoms. The van der Waals surface area contributed by atoms with Crippen LogP contribution in [0.15, 0.2) is 12.1 Å². The van der Waals surface area contributed by atoms with E-state index in [0.717, 1.165) is 25.1 Å². The minimum atomic E-state index is 0.194. The first kappa shape index (κ1) is 13.6. The van der Waals surface area contributed by atoms with E-state index in [1.54, 1.807) is 12.1 Å². The third kappa shape index (κ3) is 3.34. The van der Waals surface area contributed by atoms with Gasteiger partial charge in [0.1, 0.15) is 5.82 Å². The smallest absolute Gasteiger partial charge is 0.123 e. The van der Waals surface area contributed by atoms with Crippen molar-refractivity contribution in [2.24, 2.45) is 0 Å². The van der Waals surface area contributed by atoms with Gasteiger partial charge >= 0.3 is 0 Å². The monoisotopic (exact) mass is 269 g/mol. The zero-order valence-corrected chi connectivity index (χ0v) is 11.2. The lowest BCUT2D eigenvalue weighted by Gasteiger charge is -2.28. The number of nitrogens with zero attached hydrogens (tertiary/aromatic N) is 2. The lowest BCUT2D eigenvalue weighted by atomic mass is 10.1. The molecular weight excluding hydrogens is 250 g/mol. The Balaban J connectivity index is 2.12. The van der Waals surface area contributed by atoms with Crippen LogP contribution in [0.4, 0.5) is 5.82 Å². The molecule has 1 aliphatic rings. The van der Waals surface area contributed by atoms with Crippen LogP contribution in [0.3, 0.4) is 0 Å². The Hall–Kier alpha value is -0.840. The van der Waals surface area contributed by atoms with E-state index in [-0.39, 0.29) is 12.6 Å². The minimum absolute atomic E-state index is 0.194. The van der Waals surface area contributed by atoms with E-state index >= 15 is 0 Å². The molecule has 0 radical (unpaired) electrons. The molecular formula is C13H20ClN3O. The summed E-state index contributed by atoms with van der Waals surface area (Å²) in [6.07, 6.45) is 4.61. The molecule has 0 amide bonds. The summed E-state index contributed by atoms with van der Waals surface area (Å²) in [6, 6.07) is 3.70. The van der Waals surface area contributed by atoms with Crippen LogP contribution in [0.5, 0.6) is 0 Å². The van der Waals surface area contributed by atoms with Crippen LogP contribution in [0.1, 0.15) is 31.4 Å². The Labute approximate surface area is 113 Å². The van der Waals surface area contributed by atoms with Gasteiger partial charge in [0.2, 0.25) is 0 Å². The first-order valence-electron chi connectivity index (χ1n) is 6.46. The second-order valence-corrected chi connectivity index (χ2v) is 5.23. The maximum absolute atomic E-state index is 9.47. The zero-order chi connectivity index (χ0) is 13.0. The van der Waals surface area contributed by atoms with E-state index in [9.17, 15) is 5.11 Å². The highest BCUT2D eigenvalue weighted by Crippen LogP contribution is 2.22. The fourth-order valence-corrected chi connectivity index (χ4v) is 2.62. The molecule has 2 rings (SSSR count). The van der Waals surface area contributed by atoms with Crippen LogP contribution in [0, 0.1) is 0 Å². The molecule has 1 aliphatic heterocycles. The van der Waals surface area contributed by atoms with Gasteiger partial charge in [-0.25, -0.2) is 4.98 Å². The zero-order valence-electron chi connectivity index (χ0n) is 10.5. The van der Waals surface area contributed by atoms with Gasteiger partial charge in [-0.05, 0) is 31.5 Å². The van der Waals surface area contributed by atoms with Crippen LogP contribution in [0.2, 0.25) is 5.02 Å². The molecule has 18 heavy (non-hydrogen) atoms. The van der Waals surface area contributed by atoms with Crippen LogP contribution in [-0.2, 0) is 6.54 Å². The van der Waals surface area contributed by atoms with Crippen molar-refractivity contribution in [3.05, 3.63) is 22.8 Å². The van der Waals surface area contributed by atoms with Gasteiger partial charge in [0.15, 0.2) is 0 Å². The number of aromatic nitrogens is 1. The third-order valence-electron chi connectivity index (χ3n) is 3.50. The predicted molar refractivity (Wildman–Crippen MR) is 73.4 cm³/mol. The van der Waals surface area contributed by atoms with Gasteiger partial charge in [0.25, 0.3) is 0 Å². The van der Waals surface area contributed by atoms with Crippen LogP contribution in [-0.4, -0.2) is 34.2 Å². The molecule has 0 aliphatic carbocycles. The van der Waals surface area contributed by atoms with Gasteiger partial charge < -0.3 is 10.8 Å². The van der Waals surface area contributed by atoms with Crippen molar-refractivity contribution in [1.82, 2.24) is 9.88 Å². The highest BCUT2D eigenvalue weighted by molar-refractivity contribution is 6.31. The number of aliphatic hydroxyl groups excluding tert-OH is 1. The summed E-state index contributed by atoms with van der Waals surface area (Å²) < 4.78 is 0. The van der Waals surface area contributed by atoms with Crippen molar-refractivity contribution in [3.8, 4) is 0 Å². The lowest BCUT2D eigenvalue weighted by molar-refractivity contribution is 0.117. The number of anilines is 1. The quantitative estimate of drug-likeness (QED) is 0.882. The second-order valence-electron chi connectivity index (χ2n) is 4.82. The molecule has 1 fully saturated rings. The number of nitrogens with two attached hydrogens (primary N) is 1. The topological polar surface area (TPSA) is 62.4 Å². The molecule has 0 bridgehead atoms. The molecule has 1 saturated heterocycles. The number of likely N-dealkylation sites (tertiary alicyclic amines) is 1. The van der Waals surface area contributed by atoms with Crippen molar-refractivity contribution in [2.75, 3.05) is 18.9 Å². The average Bonchev–Trinajstić information content (AvgIpc) is 2.59. The van der Waals surface area contributed by atoms with Crippen molar-refractivity contribution >= 4 is 17.4 Å². The van der Waals surface area contributed by atoms with Crippen LogP contribution >= 0.6 is 11.6 Å². The molecule has 3 N–H and O–H groups in total. The van der Waals surface area contributed by atoms with Gasteiger partial charge in [0, 0.05) is 12.6 Å². The Bertz CT molecular complexity index is 400. The van der Waals surface area contributed by atoms with E-state index < -0.39 is 0 Å². The molecule has 1 atom stereocenters. The van der Waals surface area contributed by atoms with Crippen molar-refractivity contribution in [1.29, 1.82) is 0 Å². The summed E-state index contributed by atoms with van der Waals surface area (Å²) in [5.74, 6) is 0.491. The normalized spacial score (nSPS) is 21.8. The molecule has 100 valence electrons. The summed E-state index contributed by atoms with van der Waals surface area (Å²) in [5, 5.41) is 10.1. The highest BCUT2D eigenvalue weighted by Gasteiger charge is 2.21. The van der Waals surface area contributed by atoms with Crippen molar-refractivity contribution in [3.63, 3.8) is 0 Å². The fourth-order valence-electron chi connectivity index (χ4n) is 2.46. The largest absolute Gasteiger partial charge is 0.395 e. The lowest BCUT2D eigenvalue weighted by Crippen LogP contribution is -2.37. The van der Waals surface area contributed by atoms with Crippen molar-refractivity contribution < 1.29 is 5.11 Å². The van der Waals surface area contributed by atoms with Gasteiger partial charge in [-0.2, -0.15) is 0 Å².